The molecule has 3 rings (SSSR count). The summed E-state index contributed by atoms with van der Waals surface area (Å²) in [6.45, 7) is 0. The van der Waals surface area contributed by atoms with Crippen molar-refractivity contribution < 1.29 is 14.3 Å². The second-order valence-corrected chi connectivity index (χ2v) is 5.46. The van der Waals surface area contributed by atoms with Gasteiger partial charge in [0, 0.05) is 19.3 Å². The Morgan fingerprint density at radius 3 is 2.56 bits per heavy atom. The van der Waals surface area contributed by atoms with Crippen molar-refractivity contribution in [3.8, 4) is 17.1 Å². The third kappa shape index (κ3) is 4.12. The predicted octanol–water partition coefficient (Wildman–Crippen LogP) is 3.12. The Morgan fingerprint density at radius 1 is 1.04 bits per heavy atom. The van der Waals surface area contributed by atoms with Crippen LogP contribution < -0.4 is 15.4 Å². The topological polar surface area (TPSA) is 98.3 Å². The van der Waals surface area contributed by atoms with Crippen LogP contribution in [0.25, 0.3) is 11.4 Å². The molecule has 0 radical (unpaired) electrons. The van der Waals surface area contributed by atoms with E-state index in [2.05, 4.69) is 25.6 Å². The van der Waals surface area contributed by atoms with Crippen LogP contribution >= 0.6 is 0 Å². The van der Waals surface area contributed by atoms with Gasteiger partial charge in [-0.3, -0.25) is 4.98 Å². The van der Waals surface area contributed by atoms with Crippen LogP contribution in [0.1, 0.15) is 10.4 Å². The molecular formula is C19H19N5O3. The number of hydrogen-bond donors (Lipinski definition) is 2. The highest BCUT2D eigenvalue weighted by molar-refractivity contribution is 5.91. The van der Waals surface area contributed by atoms with Crippen molar-refractivity contribution in [2.75, 3.05) is 31.9 Å². The van der Waals surface area contributed by atoms with Gasteiger partial charge in [-0.1, -0.05) is 6.07 Å². The molecule has 0 spiro atoms. The lowest BCUT2D eigenvalue weighted by Crippen LogP contribution is -2.05. The molecule has 0 fully saturated rings. The van der Waals surface area contributed by atoms with Gasteiger partial charge in [0.15, 0.2) is 0 Å². The number of hydrogen-bond acceptors (Lipinski definition) is 8. The highest BCUT2D eigenvalue weighted by Gasteiger charge is 2.13. The van der Waals surface area contributed by atoms with E-state index in [1.54, 1.807) is 44.6 Å². The number of ether oxygens (including phenoxy) is 2. The SMILES string of the molecule is CNc1nc(Nc2cc(C(=O)OC)ccc2OC)cc(-c2ccccn2)n1. The fourth-order valence-corrected chi connectivity index (χ4v) is 2.46. The Morgan fingerprint density at radius 2 is 1.89 bits per heavy atom. The van der Waals surface area contributed by atoms with Gasteiger partial charge in [-0.05, 0) is 30.3 Å². The van der Waals surface area contributed by atoms with Crippen molar-refractivity contribution in [1.82, 2.24) is 15.0 Å². The Hall–Kier alpha value is -3.68. The molecule has 0 atom stereocenters. The van der Waals surface area contributed by atoms with Gasteiger partial charge in [-0.25, -0.2) is 9.78 Å². The minimum atomic E-state index is -0.437. The Balaban J connectivity index is 2.01. The van der Waals surface area contributed by atoms with E-state index in [9.17, 15) is 4.79 Å². The summed E-state index contributed by atoms with van der Waals surface area (Å²) >= 11 is 0. The Bertz CT molecular complexity index is 947. The molecule has 0 amide bonds. The van der Waals surface area contributed by atoms with E-state index in [4.69, 9.17) is 9.47 Å². The van der Waals surface area contributed by atoms with Gasteiger partial charge in [0.25, 0.3) is 0 Å². The van der Waals surface area contributed by atoms with Crippen LogP contribution in [0.5, 0.6) is 5.75 Å². The fourth-order valence-electron chi connectivity index (χ4n) is 2.46. The molecule has 2 N–H and O–H groups in total. The van der Waals surface area contributed by atoms with E-state index in [1.165, 1.54) is 7.11 Å². The molecule has 0 aliphatic rings. The quantitative estimate of drug-likeness (QED) is 0.643. The highest BCUT2D eigenvalue weighted by atomic mass is 16.5. The zero-order valence-electron chi connectivity index (χ0n) is 15.2. The van der Waals surface area contributed by atoms with E-state index in [0.717, 1.165) is 5.69 Å². The molecule has 1 aromatic carbocycles. The maximum absolute atomic E-state index is 11.8. The first-order chi connectivity index (χ1) is 13.1. The number of anilines is 3. The largest absolute Gasteiger partial charge is 0.495 e. The fraction of sp³-hybridized carbons (Fsp3) is 0.158. The number of esters is 1. The number of benzene rings is 1. The summed E-state index contributed by atoms with van der Waals surface area (Å²) in [5, 5.41) is 6.11. The maximum Gasteiger partial charge on any atom is 0.337 e. The van der Waals surface area contributed by atoms with Gasteiger partial charge in [-0.15, -0.1) is 0 Å². The van der Waals surface area contributed by atoms with Crippen LogP contribution in [0.2, 0.25) is 0 Å². The van der Waals surface area contributed by atoms with Crippen LogP contribution in [-0.2, 0) is 4.74 Å². The van der Waals surface area contributed by atoms with Crippen LogP contribution in [0.3, 0.4) is 0 Å². The summed E-state index contributed by atoms with van der Waals surface area (Å²) in [7, 11) is 4.62. The van der Waals surface area contributed by atoms with Gasteiger partial charge < -0.3 is 20.1 Å². The summed E-state index contributed by atoms with van der Waals surface area (Å²) in [6, 6.07) is 12.3. The molecule has 2 heterocycles. The third-order valence-electron chi connectivity index (χ3n) is 3.76. The first kappa shape index (κ1) is 18.1. The first-order valence-corrected chi connectivity index (χ1v) is 8.16. The van der Waals surface area contributed by atoms with E-state index in [-0.39, 0.29) is 0 Å². The van der Waals surface area contributed by atoms with Crippen LogP contribution in [0.15, 0.2) is 48.7 Å². The van der Waals surface area contributed by atoms with Gasteiger partial charge in [-0.2, -0.15) is 4.98 Å². The second kappa shape index (κ2) is 8.13. The number of nitrogens with zero attached hydrogens (tertiary/aromatic N) is 3. The average molecular weight is 365 g/mol. The summed E-state index contributed by atoms with van der Waals surface area (Å²) in [5.41, 5.74) is 2.34. The maximum atomic E-state index is 11.8. The van der Waals surface area contributed by atoms with Crippen molar-refractivity contribution in [3.63, 3.8) is 0 Å². The van der Waals surface area contributed by atoms with Crippen molar-refractivity contribution in [2.24, 2.45) is 0 Å². The normalized spacial score (nSPS) is 10.2. The standard InChI is InChI=1S/C19H19N5O3/c1-20-19-23-14(13-6-4-5-9-21-13)11-17(24-19)22-15-10-12(18(25)27-3)7-8-16(15)26-2/h4-11H,1-3H3,(H2,20,22,23,24). The minimum Gasteiger partial charge on any atom is -0.495 e. The summed E-state index contributed by atoms with van der Waals surface area (Å²) in [4.78, 5) is 25.0. The van der Waals surface area contributed by atoms with Gasteiger partial charge >= 0.3 is 5.97 Å². The number of aromatic nitrogens is 3. The molecule has 138 valence electrons. The van der Waals surface area contributed by atoms with Crippen molar-refractivity contribution in [2.45, 2.75) is 0 Å². The van der Waals surface area contributed by atoms with Crippen molar-refractivity contribution in [3.05, 3.63) is 54.2 Å². The lowest BCUT2D eigenvalue weighted by atomic mass is 10.2. The van der Waals surface area contributed by atoms with E-state index >= 15 is 0 Å². The number of carbonyl (C=O) groups excluding carboxylic acids is 1. The molecule has 27 heavy (non-hydrogen) atoms. The molecule has 0 aliphatic carbocycles. The van der Waals surface area contributed by atoms with Crippen molar-refractivity contribution >= 4 is 23.4 Å². The van der Waals surface area contributed by atoms with Gasteiger partial charge in [0.1, 0.15) is 11.6 Å². The molecular weight excluding hydrogens is 346 g/mol. The van der Waals surface area contributed by atoms with E-state index in [0.29, 0.717) is 34.5 Å². The second-order valence-electron chi connectivity index (χ2n) is 5.46. The van der Waals surface area contributed by atoms with E-state index < -0.39 is 5.97 Å². The summed E-state index contributed by atoms with van der Waals surface area (Å²) in [6.07, 6.45) is 1.70. The Labute approximate surface area is 156 Å². The number of rotatable bonds is 6. The third-order valence-corrected chi connectivity index (χ3v) is 3.76. The monoisotopic (exact) mass is 365 g/mol. The molecule has 8 nitrogen and oxygen atoms in total. The van der Waals surface area contributed by atoms with Crippen LogP contribution in [0.4, 0.5) is 17.5 Å². The molecule has 2 aromatic heterocycles. The number of nitrogens with one attached hydrogen (secondary N) is 2. The smallest absolute Gasteiger partial charge is 0.337 e. The zero-order valence-corrected chi connectivity index (χ0v) is 15.2. The molecule has 8 heteroatoms. The van der Waals surface area contributed by atoms with Crippen LogP contribution in [-0.4, -0.2) is 42.2 Å². The average Bonchev–Trinajstić information content (AvgIpc) is 2.73. The Kier molecular flexibility index (Phi) is 5.46. The molecule has 0 saturated heterocycles. The van der Waals surface area contributed by atoms with Crippen molar-refractivity contribution in [1.29, 1.82) is 0 Å². The molecule has 0 saturated carbocycles. The number of pyridine rings is 1. The lowest BCUT2D eigenvalue weighted by Gasteiger charge is -2.13. The molecule has 0 aliphatic heterocycles. The zero-order chi connectivity index (χ0) is 19.2. The minimum absolute atomic E-state index is 0.397. The summed E-state index contributed by atoms with van der Waals surface area (Å²) in [5.74, 6) is 1.08. The molecule has 3 aromatic rings. The van der Waals surface area contributed by atoms with Crippen LogP contribution in [0, 0.1) is 0 Å². The number of methoxy groups -OCH3 is 2. The highest BCUT2D eigenvalue weighted by Crippen LogP contribution is 2.30. The van der Waals surface area contributed by atoms with E-state index in [1.807, 2.05) is 18.2 Å². The van der Waals surface area contributed by atoms with Gasteiger partial charge in [0.05, 0.1) is 36.9 Å². The first-order valence-electron chi connectivity index (χ1n) is 8.16. The lowest BCUT2D eigenvalue weighted by molar-refractivity contribution is 0.0601. The predicted molar refractivity (Wildman–Crippen MR) is 102 cm³/mol. The molecule has 0 unspecified atom stereocenters. The number of carbonyl (C=O) groups is 1. The molecule has 0 bridgehead atoms. The van der Waals surface area contributed by atoms with Gasteiger partial charge in [0.2, 0.25) is 5.95 Å². The summed E-state index contributed by atoms with van der Waals surface area (Å²) < 4.78 is 10.1.